The molecule has 1 heterocycles. The number of benzene rings is 1. The molecule has 0 saturated carbocycles. The first-order valence-corrected chi connectivity index (χ1v) is 5.81. The summed E-state index contributed by atoms with van der Waals surface area (Å²) >= 11 is 7.47. The third-order valence-electron chi connectivity index (χ3n) is 2.07. The minimum Gasteiger partial charge on any atom is -0.392 e. The van der Waals surface area contributed by atoms with Crippen molar-refractivity contribution in [3.8, 4) is 0 Å². The van der Waals surface area contributed by atoms with E-state index >= 15 is 0 Å². The smallest absolute Gasteiger partial charge is 0.195 e. The molecule has 0 aliphatic rings. The Morgan fingerprint density at radius 3 is 2.88 bits per heavy atom. The first-order valence-electron chi connectivity index (χ1n) is 4.62. The van der Waals surface area contributed by atoms with Crippen molar-refractivity contribution in [1.82, 2.24) is 14.8 Å². The van der Waals surface area contributed by atoms with E-state index in [1.807, 2.05) is 23.7 Å². The zero-order chi connectivity index (χ0) is 11.5. The quantitative estimate of drug-likeness (QED) is 0.913. The molecule has 2 aromatic rings. The van der Waals surface area contributed by atoms with Crippen LogP contribution < -0.4 is 0 Å². The van der Waals surface area contributed by atoms with Gasteiger partial charge in [0.2, 0.25) is 0 Å². The van der Waals surface area contributed by atoms with Crippen LogP contribution in [-0.2, 0) is 13.7 Å². The van der Waals surface area contributed by atoms with Gasteiger partial charge in [0.15, 0.2) is 5.16 Å². The second-order valence-electron chi connectivity index (χ2n) is 3.24. The highest BCUT2D eigenvalue weighted by Gasteiger charge is 2.06. The third-order valence-corrected chi connectivity index (χ3v) is 3.47. The van der Waals surface area contributed by atoms with Gasteiger partial charge in [-0.15, -0.1) is 10.2 Å². The zero-order valence-corrected chi connectivity index (χ0v) is 10.2. The second-order valence-corrected chi connectivity index (χ2v) is 4.69. The molecule has 6 heteroatoms. The van der Waals surface area contributed by atoms with E-state index in [0.717, 1.165) is 15.6 Å². The molecule has 0 fully saturated rings. The van der Waals surface area contributed by atoms with Gasteiger partial charge in [-0.25, -0.2) is 0 Å². The van der Waals surface area contributed by atoms with E-state index in [2.05, 4.69) is 10.2 Å². The number of hydrogen-bond donors (Lipinski definition) is 1. The molecule has 0 amide bonds. The Labute approximate surface area is 102 Å². The van der Waals surface area contributed by atoms with Gasteiger partial charge >= 0.3 is 0 Å². The first-order chi connectivity index (χ1) is 7.70. The molecule has 1 aromatic carbocycles. The van der Waals surface area contributed by atoms with Crippen molar-refractivity contribution >= 4 is 23.4 Å². The number of aryl methyl sites for hydroxylation is 1. The molecule has 0 aliphatic heterocycles. The number of hydrogen-bond acceptors (Lipinski definition) is 4. The molecule has 0 bridgehead atoms. The highest BCUT2D eigenvalue weighted by molar-refractivity contribution is 7.99. The summed E-state index contributed by atoms with van der Waals surface area (Å²) in [6.45, 7) is -0.0479. The number of aliphatic hydroxyl groups is 1. The van der Waals surface area contributed by atoms with Crippen molar-refractivity contribution in [1.29, 1.82) is 0 Å². The molecule has 0 atom stereocenters. The van der Waals surface area contributed by atoms with Crippen LogP contribution in [0.15, 0.2) is 34.6 Å². The lowest BCUT2D eigenvalue weighted by molar-refractivity contribution is 0.282. The van der Waals surface area contributed by atoms with Gasteiger partial charge in [-0.05, 0) is 29.5 Å². The minimum atomic E-state index is -0.0479. The SMILES string of the molecule is Cn1cnnc1Sc1ccc(CO)c(Cl)c1. The summed E-state index contributed by atoms with van der Waals surface area (Å²) in [5.41, 5.74) is 0.726. The van der Waals surface area contributed by atoms with Gasteiger partial charge in [0.25, 0.3) is 0 Å². The molecule has 1 aromatic heterocycles. The van der Waals surface area contributed by atoms with E-state index in [1.54, 1.807) is 12.4 Å². The predicted octanol–water partition coefficient (Wildman–Crippen LogP) is 2.11. The largest absolute Gasteiger partial charge is 0.392 e. The van der Waals surface area contributed by atoms with Gasteiger partial charge in [-0.3, -0.25) is 0 Å². The van der Waals surface area contributed by atoms with Crippen LogP contribution in [0.25, 0.3) is 0 Å². The van der Waals surface area contributed by atoms with Crippen LogP contribution >= 0.6 is 23.4 Å². The van der Waals surface area contributed by atoms with Crippen LogP contribution in [0.1, 0.15) is 5.56 Å². The molecule has 0 radical (unpaired) electrons. The van der Waals surface area contributed by atoms with Crippen molar-refractivity contribution in [2.24, 2.45) is 7.05 Å². The van der Waals surface area contributed by atoms with Gasteiger partial charge in [-0.2, -0.15) is 0 Å². The summed E-state index contributed by atoms with van der Waals surface area (Å²) in [5.74, 6) is 0. The fourth-order valence-electron chi connectivity index (χ4n) is 1.19. The Kier molecular flexibility index (Phi) is 3.48. The number of nitrogens with zero attached hydrogens (tertiary/aromatic N) is 3. The topological polar surface area (TPSA) is 50.9 Å². The number of halogens is 1. The van der Waals surface area contributed by atoms with Crippen LogP contribution in [0, 0.1) is 0 Å². The molecule has 0 unspecified atom stereocenters. The van der Waals surface area contributed by atoms with E-state index in [1.165, 1.54) is 11.8 Å². The van der Waals surface area contributed by atoms with Crippen LogP contribution in [0.5, 0.6) is 0 Å². The van der Waals surface area contributed by atoms with Crippen molar-refractivity contribution in [3.05, 3.63) is 35.1 Å². The average molecular weight is 256 g/mol. The molecule has 2 rings (SSSR count). The Hall–Kier alpha value is -1.04. The van der Waals surface area contributed by atoms with Crippen LogP contribution in [-0.4, -0.2) is 19.9 Å². The summed E-state index contributed by atoms with van der Waals surface area (Å²) in [6, 6.07) is 5.52. The fraction of sp³-hybridized carbons (Fsp3) is 0.200. The predicted molar refractivity (Wildman–Crippen MR) is 62.5 cm³/mol. The van der Waals surface area contributed by atoms with E-state index in [-0.39, 0.29) is 6.61 Å². The maximum atomic E-state index is 8.99. The molecule has 1 N–H and O–H groups in total. The second kappa shape index (κ2) is 4.86. The molecular formula is C10H10ClN3OS. The summed E-state index contributed by atoms with van der Waals surface area (Å²) < 4.78 is 1.83. The van der Waals surface area contributed by atoms with E-state index < -0.39 is 0 Å². The summed E-state index contributed by atoms with van der Waals surface area (Å²) in [5, 5.41) is 18.1. The Morgan fingerprint density at radius 2 is 2.31 bits per heavy atom. The lowest BCUT2D eigenvalue weighted by Gasteiger charge is -2.04. The monoisotopic (exact) mass is 255 g/mol. The maximum Gasteiger partial charge on any atom is 0.195 e. The molecule has 84 valence electrons. The van der Waals surface area contributed by atoms with Crippen LogP contribution in [0.2, 0.25) is 5.02 Å². The molecule has 4 nitrogen and oxygen atoms in total. The number of rotatable bonds is 3. The van der Waals surface area contributed by atoms with E-state index in [4.69, 9.17) is 16.7 Å². The standard InChI is InChI=1S/C10H10ClN3OS/c1-14-6-12-13-10(14)16-8-3-2-7(5-15)9(11)4-8/h2-4,6,15H,5H2,1H3. The first kappa shape index (κ1) is 11.4. The number of aliphatic hydroxyl groups excluding tert-OH is 1. The lowest BCUT2D eigenvalue weighted by atomic mass is 10.2. The van der Waals surface area contributed by atoms with Crippen molar-refractivity contribution in [3.63, 3.8) is 0 Å². The Balaban J connectivity index is 2.23. The maximum absolute atomic E-state index is 8.99. The van der Waals surface area contributed by atoms with Gasteiger partial charge in [-0.1, -0.05) is 17.7 Å². The average Bonchev–Trinajstić information content (AvgIpc) is 2.65. The lowest BCUT2D eigenvalue weighted by Crippen LogP contribution is -1.89. The molecule has 0 saturated heterocycles. The summed E-state index contributed by atoms with van der Waals surface area (Å²) in [7, 11) is 1.88. The van der Waals surface area contributed by atoms with Gasteiger partial charge in [0, 0.05) is 17.0 Å². The van der Waals surface area contributed by atoms with Gasteiger partial charge < -0.3 is 9.67 Å². The highest BCUT2D eigenvalue weighted by atomic mass is 35.5. The Bertz CT molecular complexity index is 501. The number of aromatic nitrogens is 3. The summed E-state index contributed by atoms with van der Waals surface area (Å²) in [4.78, 5) is 0.971. The molecular weight excluding hydrogens is 246 g/mol. The van der Waals surface area contributed by atoms with Crippen molar-refractivity contribution in [2.45, 2.75) is 16.7 Å². The minimum absolute atomic E-state index is 0.0479. The van der Waals surface area contributed by atoms with E-state index in [0.29, 0.717) is 5.02 Å². The normalized spacial score (nSPS) is 10.7. The zero-order valence-electron chi connectivity index (χ0n) is 8.59. The highest BCUT2D eigenvalue weighted by Crippen LogP contribution is 2.29. The van der Waals surface area contributed by atoms with Gasteiger partial charge in [0.1, 0.15) is 6.33 Å². The van der Waals surface area contributed by atoms with Crippen molar-refractivity contribution in [2.75, 3.05) is 0 Å². The van der Waals surface area contributed by atoms with Crippen molar-refractivity contribution < 1.29 is 5.11 Å². The molecule has 0 spiro atoms. The van der Waals surface area contributed by atoms with Crippen LogP contribution in [0.3, 0.4) is 0 Å². The molecule has 0 aliphatic carbocycles. The van der Waals surface area contributed by atoms with Gasteiger partial charge in [0.05, 0.1) is 6.61 Å². The van der Waals surface area contributed by atoms with Crippen LogP contribution in [0.4, 0.5) is 0 Å². The fourth-order valence-corrected chi connectivity index (χ4v) is 2.30. The summed E-state index contributed by atoms with van der Waals surface area (Å²) in [6.07, 6.45) is 1.64. The third kappa shape index (κ3) is 2.37. The molecule has 16 heavy (non-hydrogen) atoms. The Morgan fingerprint density at radius 1 is 1.50 bits per heavy atom. The van der Waals surface area contributed by atoms with E-state index in [9.17, 15) is 0 Å².